The molecule has 2 amide bonds. The van der Waals surface area contributed by atoms with Crippen LogP contribution in [0.2, 0.25) is 0 Å². The Morgan fingerprint density at radius 3 is 2.00 bits per heavy atom. The number of hydrogen-bond acceptors (Lipinski definition) is 4. The maximum Gasteiger partial charge on any atom is 0.255 e. The Morgan fingerprint density at radius 1 is 0.833 bits per heavy atom. The number of carbonyl (C=O) groups is 2. The van der Waals surface area contributed by atoms with Crippen molar-refractivity contribution in [1.82, 2.24) is 0 Å². The van der Waals surface area contributed by atoms with Crippen LogP contribution >= 0.6 is 11.8 Å². The fraction of sp³-hybridized carbons (Fsp3) is 0.167. The molecule has 1 atom stereocenters. The summed E-state index contributed by atoms with van der Waals surface area (Å²) in [6.45, 7) is 3.88. The lowest BCUT2D eigenvalue weighted by molar-refractivity contribution is -0.115. The monoisotopic (exact) mass is 420 g/mol. The Morgan fingerprint density at radius 2 is 1.40 bits per heavy atom. The van der Waals surface area contributed by atoms with Gasteiger partial charge in [-0.25, -0.2) is 0 Å². The van der Waals surface area contributed by atoms with Crippen LogP contribution in [0, 0.1) is 6.92 Å². The first-order chi connectivity index (χ1) is 14.4. The van der Waals surface area contributed by atoms with Crippen molar-refractivity contribution < 1.29 is 14.3 Å². The fourth-order valence-electron chi connectivity index (χ4n) is 2.70. The Balaban J connectivity index is 1.54. The molecule has 3 aromatic carbocycles. The molecule has 0 fully saturated rings. The molecule has 3 aromatic rings. The second-order valence-corrected chi connectivity index (χ2v) is 8.24. The summed E-state index contributed by atoms with van der Waals surface area (Å²) in [6.07, 6.45) is 0. The van der Waals surface area contributed by atoms with Gasteiger partial charge < -0.3 is 15.4 Å². The SMILES string of the molecule is COc1ccc(C(=O)Nc2ccc(SC(C)C(=O)Nc3ccc(C)cc3)cc2)cc1. The summed E-state index contributed by atoms with van der Waals surface area (Å²) in [7, 11) is 1.58. The second-order valence-electron chi connectivity index (χ2n) is 6.82. The third-order valence-corrected chi connectivity index (χ3v) is 5.58. The van der Waals surface area contributed by atoms with Gasteiger partial charge in [-0.15, -0.1) is 11.8 Å². The Hall–Kier alpha value is -3.25. The van der Waals surface area contributed by atoms with E-state index in [-0.39, 0.29) is 17.1 Å². The lowest BCUT2D eigenvalue weighted by atomic mass is 10.2. The Bertz CT molecular complexity index is 1000. The molecular weight excluding hydrogens is 396 g/mol. The molecule has 0 aliphatic rings. The molecule has 0 saturated heterocycles. The van der Waals surface area contributed by atoms with Gasteiger partial charge in [-0.1, -0.05) is 17.7 Å². The van der Waals surface area contributed by atoms with Gasteiger partial charge in [-0.3, -0.25) is 9.59 Å². The molecule has 6 heteroatoms. The fourth-order valence-corrected chi connectivity index (χ4v) is 3.57. The summed E-state index contributed by atoms with van der Waals surface area (Å²) in [5.74, 6) is 0.457. The van der Waals surface area contributed by atoms with Gasteiger partial charge in [-0.05, 0) is 74.5 Å². The molecule has 30 heavy (non-hydrogen) atoms. The Labute approximate surface area is 180 Å². The summed E-state index contributed by atoms with van der Waals surface area (Å²) in [5.41, 5.74) is 3.18. The zero-order valence-corrected chi connectivity index (χ0v) is 18.0. The molecule has 0 spiro atoms. The number of aryl methyl sites for hydroxylation is 1. The average Bonchev–Trinajstić information content (AvgIpc) is 2.76. The number of nitrogens with one attached hydrogen (secondary N) is 2. The van der Waals surface area contributed by atoms with E-state index < -0.39 is 0 Å². The molecular formula is C24H24N2O3S. The van der Waals surface area contributed by atoms with Gasteiger partial charge in [0, 0.05) is 21.8 Å². The van der Waals surface area contributed by atoms with Crippen LogP contribution in [0.3, 0.4) is 0 Å². The standard InChI is InChI=1S/C24H24N2O3S/c1-16-4-8-19(9-5-16)25-23(27)17(2)30-22-14-10-20(11-15-22)26-24(28)18-6-12-21(29-3)13-7-18/h4-15,17H,1-3H3,(H,25,27)(H,26,28). The van der Waals surface area contributed by atoms with Crippen molar-refractivity contribution >= 4 is 35.0 Å². The highest BCUT2D eigenvalue weighted by molar-refractivity contribution is 8.00. The number of hydrogen-bond donors (Lipinski definition) is 2. The van der Waals surface area contributed by atoms with Crippen LogP contribution in [0.1, 0.15) is 22.8 Å². The van der Waals surface area contributed by atoms with Crippen molar-refractivity contribution in [1.29, 1.82) is 0 Å². The lowest BCUT2D eigenvalue weighted by Crippen LogP contribution is -2.22. The van der Waals surface area contributed by atoms with Crippen molar-refractivity contribution in [3.63, 3.8) is 0 Å². The van der Waals surface area contributed by atoms with Gasteiger partial charge in [0.25, 0.3) is 5.91 Å². The number of amides is 2. The van der Waals surface area contributed by atoms with E-state index in [4.69, 9.17) is 4.74 Å². The second kappa shape index (κ2) is 9.98. The minimum Gasteiger partial charge on any atom is -0.497 e. The molecule has 0 bridgehead atoms. The van der Waals surface area contributed by atoms with Gasteiger partial charge in [0.1, 0.15) is 5.75 Å². The number of methoxy groups -OCH3 is 1. The first-order valence-corrected chi connectivity index (χ1v) is 10.4. The van der Waals surface area contributed by atoms with Gasteiger partial charge >= 0.3 is 0 Å². The van der Waals surface area contributed by atoms with E-state index in [2.05, 4.69) is 10.6 Å². The molecule has 0 saturated carbocycles. The number of rotatable bonds is 7. The van der Waals surface area contributed by atoms with E-state index in [1.807, 2.05) is 62.4 Å². The van der Waals surface area contributed by atoms with Crippen LogP contribution in [0.5, 0.6) is 5.75 Å². The number of ether oxygens (including phenoxy) is 1. The summed E-state index contributed by atoms with van der Waals surface area (Å²) in [6, 6.07) is 22.1. The largest absolute Gasteiger partial charge is 0.497 e. The summed E-state index contributed by atoms with van der Waals surface area (Å²) in [5, 5.41) is 5.54. The normalized spacial score (nSPS) is 11.4. The molecule has 154 valence electrons. The highest BCUT2D eigenvalue weighted by atomic mass is 32.2. The smallest absolute Gasteiger partial charge is 0.255 e. The molecule has 0 heterocycles. The number of carbonyl (C=O) groups excluding carboxylic acids is 2. The predicted molar refractivity (Wildman–Crippen MR) is 123 cm³/mol. The van der Waals surface area contributed by atoms with Crippen LogP contribution in [0.25, 0.3) is 0 Å². The van der Waals surface area contributed by atoms with Gasteiger partial charge in [0.05, 0.1) is 12.4 Å². The lowest BCUT2D eigenvalue weighted by Gasteiger charge is -2.13. The molecule has 5 nitrogen and oxygen atoms in total. The van der Waals surface area contributed by atoms with E-state index >= 15 is 0 Å². The highest BCUT2D eigenvalue weighted by Crippen LogP contribution is 2.26. The van der Waals surface area contributed by atoms with Crippen LogP contribution in [-0.4, -0.2) is 24.2 Å². The molecule has 1 unspecified atom stereocenters. The maximum atomic E-state index is 12.4. The maximum absolute atomic E-state index is 12.4. The topological polar surface area (TPSA) is 67.4 Å². The zero-order chi connectivity index (χ0) is 21.5. The minimum atomic E-state index is -0.258. The number of thioether (sulfide) groups is 1. The summed E-state index contributed by atoms with van der Waals surface area (Å²) in [4.78, 5) is 25.7. The first-order valence-electron chi connectivity index (χ1n) is 9.54. The van der Waals surface area contributed by atoms with E-state index in [0.717, 1.165) is 16.1 Å². The third kappa shape index (κ3) is 5.87. The van der Waals surface area contributed by atoms with E-state index in [1.54, 1.807) is 31.4 Å². The molecule has 0 radical (unpaired) electrons. The van der Waals surface area contributed by atoms with Gasteiger partial charge in [0.2, 0.25) is 5.91 Å². The summed E-state index contributed by atoms with van der Waals surface area (Å²) >= 11 is 1.46. The molecule has 0 aromatic heterocycles. The quantitative estimate of drug-likeness (QED) is 0.504. The van der Waals surface area contributed by atoms with Crippen molar-refractivity contribution in [2.75, 3.05) is 17.7 Å². The van der Waals surface area contributed by atoms with Crippen LogP contribution < -0.4 is 15.4 Å². The molecule has 0 aliphatic heterocycles. The van der Waals surface area contributed by atoms with Crippen molar-refractivity contribution in [3.05, 3.63) is 83.9 Å². The molecule has 2 N–H and O–H groups in total. The van der Waals surface area contributed by atoms with Crippen LogP contribution in [0.15, 0.2) is 77.7 Å². The predicted octanol–water partition coefficient (Wildman–Crippen LogP) is 5.38. The summed E-state index contributed by atoms with van der Waals surface area (Å²) < 4.78 is 5.10. The van der Waals surface area contributed by atoms with Crippen molar-refractivity contribution in [3.8, 4) is 5.75 Å². The van der Waals surface area contributed by atoms with E-state index in [9.17, 15) is 9.59 Å². The average molecular weight is 421 g/mol. The number of anilines is 2. The third-order valence-electron chi connectivity index (χ3n) is 4.47. The van der Waals surface area contributed by atoms with Crippen LogP contribution in [-0.2, 0) is 4.79 Å². The highest BCUT2D eigenvalue weighted by Gasteiger charge is 2.15. The van der Waals surface area contributed by atoms with Gasteiger partial charge in [-0.2, -0.15) is 0 Å². The van der Waals surface area contributed by atoms with Gasteiger partial charge in [0.15, 0.2) is 0 Å². The van der Waals surface area contributed by atoms with Crippen molar-refractivity contribution in [2.45, 2.75) is 24.0 Å². The molecule has 3 rings (SSSR count). The minimum absolute atomic E-state index is 0.0549. The van der Waals surface area contributed by atoms with E-state index in [1.165, 1.54) is 11.8 Å². The first kappa shape index (κ1) is 21.5. The van der Waals surface area contributed by atoms with E-state index in [0.29, 0.717) is 17.0 Å². The number of benzene rings is 3. The molecule has 0 aliphatic carbocycles. The van der Waals surface area contributed by atoms with Crippen molar-refractivity contribution in [2.24, 2.45) is 0 Å². The van der Waals surface area contributed by atoms with Crippen LogP contribution in [0.4, 0.5) is 11.4 Å². The zero-order valence-electron chi connectivity index (χ0n) is 17.1. The Kier molecular flexibility index (Phi) is 7.14.